The van der Waals surface area contributed by atoms with E-state index in [-0.39, 0.29) is 25.7 Å². The van der Waals surface area contributed by atoms with E-state index >= 15 is 0 Å². The van der Waals surface area contributed by atoms with Crippen molar-refractivity contribution in [3.63, 3.8) is 0 Å². The quantitative estimate of drug-likeness (QED) is 0.0222. The van der Waals surface area contributed by atoms with Gasteiger partial charge in [-0.25, -0.2) is 9.13 Å². The van der Waals surface area contributed by atoms with Gasteiger partial charge in [0.05, 0.1) is 26.4 Å². The number of aliphatic hydroxyl groups excluding tert-OH is 1. The van der Waals surface area contributed by atoms with E-state index in [1.54, 1.807) is 0 Å². The molecule has 3 N–H and O–H groups in total. The number of unbranched alkanes of at least 4 members (excludes halogenated alkanes) is 60. The Kier molecular flexibility index (Phi) is 79.2. The summed E-state index contributed by atoms with van der Waals surface area (Å²) in [4.78, 5) is 73.3. The maximum atomic E-state index is 13.2. The SMILES string of the molecule is CCCCCCCCCCCCCCCCCCCCCCC(=O)OC[C@H](COP(=O)(O)OC[C@@H](O)COP(=O)(O)OC[C@@H](COC(=O)CCCCCCCCCCCCC)OC(=O)CCCCCCCCCCCCCCCCC)OC(=O)CCCCCCCCCCCCCCCCCCCCC(C)C. The number of aliphatic hydroxyl groups is 1. The number of carbonyl (C=O) groups is 4. The smallest absolute Gasteiger partial charge is 0.462 e. The molecule has 17 nitrogen and oxygen atoms in total. The fourth-order valence-electron chi connectivity index (χ4n) is 13.8. The van der Waals surface area contributed by atoms with Gasteiger partial charge in [0.1, 0.15) is 19.3 Å². The Morgan fingerprint density at radius 1 is 0.252 bits per heavy atom. The number of rotatable bonds is 88. The number of hydrogen-bond donors (Lipinski definition) is 3. The van der Waals surface area contributed by atoms with Gasteiger partial charge in [-0.2, -0.15) is 0 Å². The first-order valence-corrected chi connectivity index (χ1v) is 48.6. The Bertz CT molecular complexity index is 2030. The largest absolute Gasteiger partial charge is 0.472 e. The molecule has 0 aromatic heterocycles. The van der Waals surface area contributed by atoms with E-state index in [0.29, 0.717) is 25.7 Å². The molecule has 19 heteroatoms. The Labute approximate surface area is 658 Å². The third kappa shape index (κ3) is 81.9. The van der Waals surface area contributed by atoms with Crippen LogP contribution in [0.25, 0.3) is 0 Å². The van der Waals surface area contributed by atoms with Crippen molar-refractivity contribution in [2.45, 2.75) is 496 Å². The van der Waals surface area contributed by atoms with Crippen molar-refractivity contribution in [3.05, 3.63) is 0 Å². The van der Waals surface area contributed by atoms with E-state index < -0.39 is 97.5 Å². The molecule has 0 aromatic rings. The number of ether oxygens (including phenoxy) is 4. The van der Waals surface area contributed by atoms with Crippen LogP contribution in [0.2, 0.25) is 0 Å². The summed E-state index contributed by atoms with van der Waals surface area (Å²) in [7, 11) is -9.93. The molecule has 0 fully saturated rings. The molecule has 0 heterocycles. The molecule has 0 amide bonds. The maximum Gasteiger partial charge on any atom is 0.472 e. The van der Waals surface area contributed by atoms with Gasteiger partial charge in [-0.3, -0.25) is 37.3 Å². The molecule has 0 aliphatic carbocycles. The van der Waals surface area contributed by atoms with Gasteiger partial charge in [0.15, 0.2) is 12.2 Å². The lowest BCUT2D eigenvalue weighted by Crippen LogP contribution is -2.30. The highest BCUT2D eigenvalue weighted by Gasteiger charge is 2.30. The van der Waals surface area contributed by atoms with Crippen LogP contribution in [0.15, 0.2) is 0 Å². The maximum absolute atomic E-state index is 13.2. The first kappa shape index (κ1) is 105. The zero-order valence-corrected chi connectivity index (χ0v) is 72.1. The predicted molar refractivity (Wildman–Crippen MR) is 442 cm³/mol. The van der Waals surface area contributed by atoms with Gasteiger partial charge in [0.25, 0.3) is 0 Å². The lowest BCUT2D eigenvalue weighted by Gasteiger charge is -2.21. The van der Waals surface area contributed by atoms with Crippen LogP contribution >= 0.6 is 15.6 Å². The van der Waals surface area contributed by atoms with Crippen molar-refractivity contribution in [3.8, 4) is 0 Å². The Morgan fingerprint density at radius 2 is 0.430 bits per heavy atom. The highest BCUT2D eigenvalue weighted by atomic mass is 31.2. The molecule has 0 aromatic carbocycles. The number of phosphoric ester groups is 2. The summed E-state index contributed by atoms with van der Waals surface area (Å²) >= 11 is 0. The molecule has 0 bridgehead atoms. The molecule has 0 radical (unpaired) electrons. The highest BCUT2D eigenvalue weighted by molar-refractivity contribution is 7.47. The minimum atomic E-state index is -4.97. The molecule has 0 saturated carbocycles. The van der Waals surface area contributed by atoms with Gasteiger partial charge in [-0.1, -0.05) is 426 Å². The second-order valence-corrected chi connectivity index (χ2v) is 35.0. The van der Waals surface area contributed by atoms with E-state index in [2.05, 4.69) is 34.6 Å². The van der Waals surface area contributed by atoms with Crippen LogP contribution in [0.3, 0.4) is 0 Å². The molecule has 636 valence electrons. The summed E-state index contributed by atoms with van der Waals surface area (Å²) < 4.78 is 69.0. The lowest BCUT2D eigenvalue weighted by atomic mass is 10.0. The average Bonchev–Trinajstić information content (AvgIpc) is 0.903. The van der Waals surface area contributed by atoms with Crippen LogP contribution < -0.4 is 0 Å². The van der Waals surface area contributed by atoms with Crippen LogP contribution in [-0.4, -0.2) is 96.7 Å². The van der Waals surface area contributed by atoms with E-state index in [9.17, 15) is 43.2 Å². The van der Waals surface area contributed by atoms with Crippen LogP contribution in [-0.2, 0) is 65.4 Å². The molecule has 0 aliphatic heterocycles. The average molecular weight is 1560 g/mol. The number of hydrogen-bond acceptors (Lipinski definition) is 15. The topological polar surface area (TPSA) is 237 Å². The van der Waals surface area contributed by atoms with Gasteiger partial charge in [-0.05, 0) is 31.6 Å². The Morgan fingerprint density at radius 3 is 0.636 bits per heavy atom. The third-order valence-electron chi connectivity index (χ3n) is 20.8. The molecular weight excluding hydrogens is 1390 g/mol. The second kappa shape index (κ2) is 80.7. The van der Waals surface area contributed by atoms with E-state index in [1.165, 1.54) is 302 Å². The van der Waals surface area contributed by atoms with E-state index in [4.69, 9.17) is 37.0 Å². The van der Waals surface area contributed by atoms with Crippen LogP contribution in [0.5, 0.6) is 0 Å². The summed E-state index contributed by atoms with van der Waals surface area (Å²) in [6.07, 6.45) is 75.0. The lowest BCUT2D eigenvalue weighted by molar-refractivity contribution is -0.161. The third-order valence-corrected chi connectivity index (χ3v) is 22.7. The van der Waals surface area contributed by atoms with Crippen molar-refractivity contribution in [1.82, 2.24) is 0 Å². The normalized spacial score (nSPS) is 13.7. The molecule has 0 spiro atoms. The highest BCUT2D eigenvalue weighted by Crippen LogP contribution is 2.45. The first-order valence-electron chi connectivity index (χ1n) is 45.6. The van der Waals surface area contributed by atoms with Crippen molar-refractivity contribution >= 4 is 39.5 Å². The van der Waals surface area contributed by atoms with Crippen molar-refractivity contribution < 1.29 is 80.2 Å². The number of phosphoric acid groups is 2. The summed E-state index contributed by atoms with van der Waals surface area (Å²) in [5, 5.41) is 10.7. The molecule has 0 rings (SSSR count). The zero-order chi connectivity index (χ0) is 78.3. The molecule has 0 aliphatic rings. The van der Waals surface area contributed by atoms with Crippen LogP contribution in [0, 0.1) is 5.92 Å². The van der Waals surface area contributed by atoms with E-state index in [0.717, 1.165) is 95.8 Å². The minimum absolute atomic E-state index is 0.109. The fourth-order valence-corrected chi connectivity index (χ4v) is 15.4. The second-order valence-electron chi connectivity index (χ2n) is 32.1. The molecule has 107 heavy (non-hydrogen) atoms. The Hall–Kier alpha value is -1.94. The molecule has 0 saturated heterocycles. The fraction of sp³-hybridized carbons (Fsp3) is 0.955. The van der Waals surface area contributed by atoms with Gasteiger partial charge >= 0.3 is 39.5 Å². The van der Waals surface area contributed by atoms with Gasteiger partial charge in [0.2, 0.25) is 0 Å². The van der Waals surface area contributed by atoms with Crippen molar-refractivity contribution in [1.29, 1.82) is 0 Å². The minimum Gasteiger partial charge on any atom is -0.462 e. The standard InChI is InChI=1S/C88H172O17P2/c1-6-9-12-15-18-21-24-26-28-29-30-31-35-39-42-47-52-57-62-67-72-86(91)99-78-84(105-88(93)74-69-64-59-54-49-44-40-36-33-32-34-38-41-46-50-55-60-65-70-81(4)5)80-103-107(96,97)101-76-82(89)75-100-106(94,95)102-79-83(77-98-85(90)71-66-61-56-51-45-23-20-17-14-11-8-3)104-87(92)73-68-63-58-53-48-43-37-27-25-22-19-16-13-10-7-2/h81-84,89H,6-80H2,1-5H3,(H,94,95)(H,96,97)/t82-,83+,84+/m0/s1. The van der Waals surface area contributed by atoms with Crippen molar-refractivity contribution in [2.24, 2.45) is 5.92 Å². The molecule has 5 atom stereocenters. The molecular formula is C88H172O17P2. The molecule has 2 unspecified atom stereocenters. The predicted octanol–water partition coefficient (Wildman–Crippen LogP) is 27.2. The van der Waals surface area contributed by atoms with Crippen LogP contribution in [0.4, 0.5) is 0 Å². The summed E-state index contributed by atoms with van der Waals surface area (Å²) in [6.45, 7) is 7.41. The van der Waals surface area contributed by atoms with Crippen molar-refractivity contribution in [2.75, 3.05) is 39.6 Å². The summed E-state index contributed by atoms with van der Waals surface area (Å²) in [5.41, 5.74) is 0. The van der Waals surface area contributed by atoms with Crippen LogP contribution in [0.1, 0.15) is 478 Å². The van der Waals surface area contributed by atoms with Gasteiger partial charge in [-0.15, -0.1) is 0 Å². The van der Waals surface area contributed by atoms with E-state index in [1.807, 2.05) is 0 Å². The zero-order valence-electron chi connectivity index (χ0n) is 70.3. The number of carbonyl (C=O) groups excluding carboxylic acids is 4. The van der Waals surface area contributed by atoms with Gasteiger partial charge < -0.3 is 33.8 Å². The number of esters is 4. The summed E-state index contributed by atoms with van der Waals surface area (Å²) in [6, 6.07) is 0. The summed E-state index contributed by atoms with van der Waals surface area (Å²) in [5.74, 6) is -1.28. The first-order chi connectivity index (χ1) is 52.0. The Balaban J connectivity index is 5.23. The van der Waals surface area contributed by atoms with Gasteiger partial charge in [0, 0.05) is 25.7 Å². The monoisotopic (exact) mass is 1560 g/mol.